The van der Waals surface area contributed by atoms with E-state index >= 15 is 0 Å². The van der Waals surface area contributed by atoms with Crippen LogP contribution >= 0.6 is 0 Å². The largest absolute Gasteiger partial charge is 0.394 e. The summed E-state index contributed by atoms with van der Waals surface area (Å²) in [6.45, 7) is -0.467. The molecule has 2 aromatic heterocycles. The Labute approximate surface area is 124 Å². The molecule has 1 aliphatic rings. The van der Waals surface area contributed by atoms with E-state index in [1.807, 2.05) is 0 Å². The zero-order valence-electron chi connectivity index (χ0n) is 11.4. The lowest BCUT2D eigenvalue weighted by Gasteiger charge is -2.16. The third-order valence-corrected chi connectivity index (χ3v) is 4.47. The lowest BCUT2D eigenvalue weighted by atomic mass is 10.1. The SMILES string of the molecule is CS(=O)(=O)c1ncnc2c1ncn2[C@@H]1O[C@H](CO)[C@@H](O)[C@H]1O. The molecule has 3 N–H and O–H groups in total. The van der Waals surface area contributed by atoms with Gasteiger partial charge in [0, 0.05) is 6.26 Å². The van der Waals surface area contributed by atoms with Crippen molar-refractivity contribution >= 4 is 21.0 Å². The number of imidazole rings is 1. The van der Waals surface area contributed by atoms with Crippen molar-refractivity contribution in [2.75, 3.05) is 12.9 Å². The highest BCUT2D eigenvalue weighted by Gasteiger charge is 2.44. The smallest absolute Gasteiger partial charge is 0.195 e. The molecule has 1 aliphatic heterocycles. The highest BCUT2D eigenvalue weighted by atomic mass is 32.2. The lowest BCUT2D eigenvalue weighted by Crippen LogP contribution is -2.33. The molecule has 1 saturated heterocycles. The first kappa shape index (κ1) is 15.2. The Morgan fingerprint density at radius 1 is 1.27 bits per heavy atom. The van der Waals surface area contributed by atoms with Crippen LogP contribution in [0.15, 0.2) is 17.7 Å². The number of aromatic nitrogens is 4. The number of rotatable bonds is 3. The molecule has 10 nitrogen and oxygen atoms in total. The molecule has 2 aromatic rings. The average molecular weight is 330 g/mol. The fraction of sp³-hybridized carbons (Fsp3) is 0.545. The molecule has 0 aromatic carbocycles. The number of nitrogens with zero attached hydrogens (tertiary/aromatic N) is 4. The van der Waals surface area contributed by atoms with Crippen LogP contribution in [0, 0.1) is 0 Å². The molecule has 3 heterocycles. The molecule has 0 bridgehead atoms. The minimum absolute atomic E-state index is 0.0442. The summed E-state index contributed by atoms with van der Waals surface area (Å²) in [6.07, 6.45) is -1.27. The lowest BCUT2D eigenvalue weighted by molar-refractivity contribution is -0.0511. The molecule has 0 amide bonds. The molecular formula is C11H14N4O6S. The Bertz CT molecular complexity index is 806. The molecule has 22 heavy (non-hydrogen) atoms. The van der Waals surface area contributed by atoms with Crippen LogP contribution in [0.5, 0.6) is 0 Å². The van der Waals surface area contributed by atoms with Gasteiger partial charge in [-0.3, -0.25) is 4.57 Å². The van der Waals surface area contributed by atoms with Gasteiger partial charge in [0.1, 0.15) is 30.2 Å². The van der Waals surface area contributed by atoms with Crippen LogP contribution in [0.3, 0.4) is 0 Å². The maximum absolute atomic E-state index is 11.7. The van der Waals surface area contributed by atoms with Crippen LogP contribution in [0.1, 0.15) is 6.23 Å². The predicted molar refractivity (Wildman–Crippen MR) is 71.4 cm³/mol. The van der Waals surface area contributed by atoms with Crippen molar-refractivity contribution in [2.24, 2.45) is 0 Å². The van der Waals surface area contributed by atoms with Crippen molar-refractivity contribution in [3.05, 3.63) is 12.7 Å². The maximum atomic E-state index is 11.7. The zero-order chi connectivity index (χ0) is 16.1. The average Bonchev–Trinajstić information content (AvgIpc) is 3.00. The third kappa shape index (κ3) is 2.27. The zero-order valence-corrected chi connectivity index (χ0v) is 12.3. The number of aliphatic hydroxyl groups excluding tert-OH is 3. The van der Waals surface area contributed by atoms with Crippen molar-refractivity contribution < 1.29 is 28.5 Å². The molecular weight excluding hydrogens is 316 g/mol. The summed E-state index contributed by atoms with van der Waals surface area (Å²) >= 11 is 0. The van der Waals surface area contributed by atoms with Crippen molar-refractivity contribution in [3.63, 3.8) is 0 Å². The summed E-state index contributed by atoms with van der Waals surface area (Å²) < 4.78 is 30.1. The summed E-state index contributed by atoms with van der Waals surface area (Å²) in [5, 5.41) is 28.7. The van der Waals surface area contributed by atoms with Gasteiger partial charge in [-0.05, 0) is 0 Å². The second-order valence-corrected chi connectivity index (χ2v) is 6.93. The molecule has 0 radical (unpaired) electrons. The van der Waals surface area contributed by atoms with Gasteiger partial charge in [-0.2, -0.15) is 0 Å². The summed E-state index contributed by atoms with van der Waals surface area (Å²) in [7, 11) is -3.60. The number of hydrogen-bond acceptors (Lipinski definition) is 9. The van der Waals surface area contributed by atoms with E-state index in [9.17, 15) is 18.6 Å². The van der Waals surface area contributed by atoms with Gasteiger partial charge in [-0.1, -0.05) is 0 Å². The minimum atomic E-state index is -3.60. The third-order valence-electron chi connectivity index (χ3n) is 3.47. The predicted octanol–water partition coefficient (Wildman–Crippen LogP) is -2.16. The number of aliphatic hydroxyl groups is 3. The van der Waals surface area contributed by atoms with E-state index in [0.29, 0.717) is 0 Å². The van der Waals surface area contributed by atoms with Gasteiger partial charge in [0.2, 0.25) is 0 Å². The molecule has 11 heteroatoms. The Balaban J connectivity index is 2.11. The Hall–Kier alpha value is -1.66. The second kappa shape index (κ2) is 5.21. The first-order valence-electron chi connectivity index (χ1n) is 6.34. The van der Waals surface area contributed by atoms with E-state index < -0.39 is 41.0 Å². The van der Waals surface area contributed by atoms with Crippen LogP contribution in [0.4, 0.5) is 0 Å². The summed E-state index contributed by atoms with van der Waals surface area (Å²) in [5.74, 6) is 0. The highest BCUT2D eigenvalue weighted by Crippen LogP contribution is 2.31. The van der Waals surface area contributed by atoms with Crippen LogP contribution in [0.25, 0.3) is 11.2 Å². The van der Waals surface area contributed by atoms with E-state index in [-0.39, 0.29) is 16.2 Å². The molecule has 0 saturated carbocycles. The molecule has 1 fully saturated rings. The highest BCUT2D eigenvalue weighted by molar-refractivity contribution is 7.90. The quantitative estimate of drug-likeness (QED) is 0.535. The van der Waals surface area contributed by atoms with Gasteiger partial charge in [0.25, 0.3) is 0 Å². The van der Waals surface area contributed by atoms with E-state index in [1.54, 1.807) is 0 Å². The van der Waals surface area contributed by atoms with Crippen LogP contribution in [-0.2, 0) is 14.6 Å². The molecule has 120 valence electrons. The van der Waals surface area contributed by atoms with Gasteiger partial charge < -0.3 is 20.1 Å². The van der Waals surface area contributed by atoms with Crippen molar-refractivity contribution in [1.29, 1.82) is 0 Å². The number of ether oxygens (including phenoxy) is 1. The van der Waals surface area contributed by atoms with Crippen LogP contribution < -0.4 is 0 Å². The van der Waals surface area contributed by atoms with Crippen LogP contribution in [0.2, 0.25) is 0 Å². The maximum Gasteiger partial charge on any atom is 0.195 e. The number of hydrogen-bond donors (Lipinski definition) is 3. The van der Waals surface area contributed by atoms with Crippen LogP contribution in [-0.4, -0.2) is 74.4 Å². The van der Waals surface area contributed by atoms with Crippen molar-refractivity contribution in [1.82, 2.24) is 19.5 Å². The molecule has 0 unspecified atom stereocenters. The first-order chi connectivity index (χ1) is 10.3. The minimum Gasteiger partial charge on any atom is -0.394 e. The van der Waals surface area contributed by atoms with Gasteiger partial charge in [-0.25, -0.2) is 23.4 Å². The van der Waals surface area contributed by atoms with E-state index in [2.05, 4.69) is 15.0 Å². The normalized spacial score (nSPS) is 29.3. The van der Waals surface area contributed by atoms with E-state index in [4.69, 9.17) is 9.84 Å². The molecule has 0 spiro atoms. The summed E-state index contributed by atoms with van der Waals surface area (Å²) in [5.41, 5.74) is 0.188. The molecule has 3 rings (SSSR count). The fourth-order valence-electron chi connectivity index (χ4n) is 2.40. The van der Waals surface area contributed by atoms with Crippen molar-refractivity contribution in [2.45, 2.75) is 29.6 Å². The topological polar surface area (TPSA) is 148 Å². The second-order valence-electron chi connectivity index (χ2n) is 5.00. The summed E-state index contributed by atoms with van der Waals surface area (Å²) in [6, 6.07) is 0. The summed E-state index contributed by atoms with van der Waals surface area (Å²) in [4.78, 5) is 11.6. The standard InChI is InChI=1S/C11H14N4O6S/c1-22(19,20)10-6-9(12-3-13-10)15(4-14-6)11-8(18)7(17)5(2-16)21-11/h3-5,7-8,11,16-18H,2H2,1H3/t5-,7-,8-,11-/m1/s1. The molecule has 0 aliphatic carbocycles. The molecule has 4 atom stereocenters. The van der Waals surface area contributed by atoms with Gasteiger partial charge in [0.05, 0.1) is 12.9 Å². The monoisotopic (exact) mass is 330 g/mol. The van der Waals surface area contributed by atoms with Gasteiger partial charge in [-0.15, -0.1) is 0 Å². The van der Waals surface area contributed by atoms with Gasteiger partial charge in [0.15, 0.2) is 26.7 Å². The van der Waals surface area contributed by atoms with E-state index in [1.165, 1.54) is 10.9 Å². The Morgan fingerprint density at radius 2 is 2.00 bits per heavy atom. The number of sulfone groups is 1. The fourth-order valence-corrected chi connectivity index (χ4v) is 3.13. The Kier molecular flexibility index (Phi) is 3.61. The Morgan fingerprint density at radius 3 is 2.59 bits per heavy atom. The number of fused-ring (bicyclic) bond motifs is 1. The van der Waals surface area contributed by atoms with Gasteiger partial charge >= 0.3 is 0 Å². The first-order valence-corrected chi connectivity index (χ1v) is 8.23. The van der Waals surface area contributed by atoms with Crippen molar-refractivity contribution in [3.8, 4) is 0 Å². The van der Waals surface area contributed by atoms with E-state index in [0.717, 1.165) is 12.6 Å².